The highest BCUT2D eigenvalue weighted by Gasteiger charge is 2.63. The van der Waals surface area contributed by atoms with E-state index in [1.807, 2.05) is 0 Å². The summed E-state index contributed by atoms with van der Waals surface area (Å²) in [7, 11) is 0. The van der Waals surface area contributed by atoms with Gasteiger partial charge in [0, 0.05) is 0 Å². The number of anilines is 2. The average Bonchev–Trinajstić information content (AvgIpc) is 3.77. The largest absolute Gasteiger partial charge is 0.394 e. The van der Waals surface area contributed by atoms with Crippen molar-refractivity contribution >= 4 is 53.1 Å². The molecule has 3 aliphatic rings. The van der Waals surface area contributed by atoms with Crippen molar-refractivity contribution in [2.45, 2.75) is 48.6 Å². The van der Waals surface area contributed by atoms with E-state index in [1.54, 1.807) is 0 Å². The summed E-state index contributed by atoms with van der Waals surface area (Å²) < 4.78 is 60.1. The lowest BCUT2D eigenvalue weighted by atomic mass is 10.0. The number of aliphatic hydroxyl groups is 2. The normalized spacial score (nSPS) is 33.5. The van der Waals surface area contributed by atoms with Crippen LogP contribution in [0.5, 0.6) is 0 Å². The van der Waals surface area contributed by atoms with E-state index in [4.69, 9.17) is 34.7 Å². The van der Waals surface area contributed by atoms with Crippen molar-refractivity contribution in [1.29, 1.82) is 0 Å². The first-order valence-corrected chi connectivity index (χ1v) is 15.4. The molecule has 1 unspecified atom stereocenters. The van der Waals surface area contributed by atoms with Gasteiger partial charge in [-0.15, -0.1) is 0 Å². The van der Waals surface area contributed by atoms with Crippen LogP contribution in [0.4, 0.5) is 16.2 Å². The number of hydrogen-bond acceptors (Lipinski definition) is 16. The molecule has 7 heterocycles. The number of aromatic amines is 1. The molecule has 0 aromatic carbocycles. The van der Waals surface area contributed by atoms with Crippen LogP contribution in [0.25, 0.3) is 22.3 Å². The minimum absolute atomic E-state index is 0.0684. The molecule has 9 atom stereocenters. The topological polar surface area (TPSA) is 263 Å². The zero-order valence-corrected chi connectivity index (χ0v) is 23.5. The summed E-state index contributed by atoms with van der Waals surface area (Å²) >= 11 is 4.03. The summed E-state index contributed by atoms with van der Waals surface area (Å²) in [5.74, 6) is -0.0871. The molecule has 0 saturated carbocycles. The third-order valence-electron chi connectivity index (χ3n) is 7.56. The van der Waals surface area contributed by atoms with Crippen molar-refractivity contribution in [1.82, 2.24) is 39.0 Å². The Morgan fingerprint density at radius 1 is 1.19 bits per heavy atom. The Morgan fingerprint density at radius 2 is 1.93 bits per heavy atom. The highest BCUT2D eigenvalue weighted by atomic mass is 32.7. The number of nitrogens with two attached hydrogens (primary N) is 2. The summed E-state index contributed by atoms with van der Waals surface area (Å²) in [4.78, 5) is 34.8. The number of hydrogen-bond donors (Lipinski definition) is 6. The Hall–Kier alpha value is -3.27. The molecule has 4 aromatic heterocycles. The quantitative estimate of drug-likeness (QED) is 0.0975. The first kappa shape index (κ1) is 28.5. The van der Waals surface area contributed by atoms with Crippen molar-refractivity contribution in [2.75, 3.05) is 31.3 Å². The molecule has 0 amide bonds. The Kier molecular flexibility index (Phi) is 6.72. The number of imidazole rings is 2. The first-order chi connectivity index (χ1) is 20.5. The Labute approximate surface area is 244 Å². The van der Waals surface area contributed by atoms with Crippen molar-refractivity contribution in [3.63, 3.8) is 0 Å². The number of fused-ring (bicyclic) bond motifs is 4. The lowest BCUT2D eigenvalue weighted by Crippen LogP contribution is -2.44. The minimum Gasteiger partial charge on any atom is -0.394 e. The number of alkyl halides is 1. The highest BCUT2D eigenvalue weighted by Crippen LogP contribution is 2.58. The van der Waals surface area contributed by atoms with E-state index >= 15 is 4.39 Å². The molecule has 22 heteroatoms. The molecule has 7 N–H and O–H groups in total. The molecule has 0 spiro atoms. The van der Waals surface area contributed by atoms with Crippen LogP contribution < -0.4 is 17.0 Å². The van der Waals surface area contributed by atoms with Gasteiger partial charge in [-0.1, -0.05) is 12.2 Å². The van der Waals surface area contributed by atoms with E-state index in [2.05, 4.69) is 42.2 Å². The second-order valence-electron chi connectivity index (χ2n) is 10.2. The molecular formula is C21H24FN10O9PS. The molecular weight excluding hydrogens is 618 g/mol. The number of nitrogens with zero attached hydrogens (tertiary/aromatic N) is 7. The summed E-state index contributed by atoms with van der Waals surface area (Å²) in [6.45, 7) is -5.85. The van der Waals surface area contributed by atoms with Gasteiger partial charge in [-0.2, -0.15) is 4.98 Å². The second-order valence-corrected chi connectivity index (χ2v) is 13.0. The highest BCUT2D eigenvalue weighted by molar-refractivity contribution is 8.44. The van der Waals surface area contributed by atoms with Gasteiger partial charge in [0.05, 0.1) is 32.5 Å². The van der Waals surface area contributed by atoms with Crippen LogP contribution >= 0.6 is 19.0 Å². The summed E-state index contributed by atoms with van der Waals surface area (Å²) in [5, 5.41) is 20.7. The summed E-state index contributed by atoms with van der Waals surface area (Å²) in [6.07, 6.45) is -5.72. The van der Waals surface area contributed by atoms with Gasteiger partial charge < -0.3 is 35.9 Å². The van der Waals surface area contributed by atoms with Gasteiger partial charge in [0.25, 0.3) is 5.56 Å². The van der Waals surface area contributed by atoms with Crippen LogP contribution in [0.3, 0.4) is 0 Å². The maximum Gasteiger partial charge on any atom is 0.386 e. The van der Waals surface area contributed by atoms with E-state index in [0.717, 1.165) is 10.9 Å². The number of halogens is 1. The third-order valence-corrected chi connectivity index (χ3v) is 9.16. The van der Waals surface area contributed by atoms with Crippen molar-refractivity contribution in [2.24, 2.45) is 0 Å². The standard InChI is InChI=1S/C21H24FN10O9PS/c22-8-7(1-33)39-18(32-6-28-10-16(32)29-20(24)30-17(10)35)11(8)41-42(36,43)38-3-21-2-37-12(13(21)34)19(40-21)31-5-27-9-14(23)25-4-26-15(9)31/h4-8,11-13,18-19,33-34H,1-3H2,(H,36,43)(H2,23,25,26)(H3,24,29,30,35)/t7-,8-,11-,12-,13+,18-,19-,21-,42?/m1/s1. The monoisotopic (exact) mass is 642 g/mol. The van der Waals surface area contributed by atoms with Gasteiger partial charge in [0.1, 0.15) is 41.9 Å². The van der Waals surface area contributed by atoms with Crippen LogP contribution in [0.2, 0.25) is 0 Å². The lowest BCUT2D eigenvalue weighted by molar-refractivity contribution is -0.183. The van der Waals surface area contributed by atoms with Gasteiger partial charge in [0.15, 0.2) is 41.3 Å². The van der Waals surface area contributed by atoms with Gasteiger partial charge in [-0.3, -0.25) is 28.0 Å². The van der Waals surface area contributed by atoms with E-state index < -0.39 is 74.2 Å². The Bertz CT molecular complexity index is 1820. The molecule has 0 aliphatic carbocycles. The number of rotatable bonds is 8. The maximum atomic E-state index is 15.4. The summed E-state index contributed by atoms with van der Waals surface area (Å²) in [6, 6.07) is 0. The van der Waals surface area contributed by atoms with Crippen LogP contribution in [0.1, 0.15) is 12.5 Å². The van der Waals surface area contributed by atoms with Crippen LogP contribution in [0, 0.1) is 0 Å². The third kappa shape index (κ3) is 4.50. The SMILES string of the molecule is Nc1nc2c(ncn2[C@@H]2O[C@H](CO)[C@@H](F)[C@H]2OP(=O)(S)OC[C@@]23CO[C@@H]([C@H](n4cnc5c(N)ncnc54)O2)[C@@H]3O)c(=O)[nH]1. The minimum atomic E-state index is -4.43. The predicted molar refractivity (Wildman–Crippen MR) is 144 cm³/mol. The van der Waals surface area contributed by atoms with Crippen LogP contribution in [-0.2, 0) is 27.8 Å². The molecule has 3 fully saturated rings. The number of H-pyrrole nitrogens is 1. The molecule has 0 radical (unpaired) electrons. The molecule has 230 valence electrons. The maximum absolute atomic E-state index is 15.4. The van der Waals surface area contributed by atoms with Crippen molar-refractivity contribution in [3.05, 3.63) is 29.3 Å². The summed E-state index contributed by atoms with van der Waals surface area (Å²) in [5.41, 5.74) is 9.83. The van der Waals surface area contributed by atoms with Crippen molar-refractivity contribution in [3.8, 4) is 0 Å². The molecule has 4 aromatic rings. The number of ether oxygens (including phenoxy) is 3. The van der Waals surface area contributed by atoms with Crippen LogP contribution in [0.15, 0.2) is 23.8 Å². The molecule has 2 bridgehead atoms. The van der Waals surface area contributed by atoms with Crippen molar-refractivity contribution < 1.29 is 42.4 Å². The molecule has 19 nitrogen and oxygen atoms in total. The van der Waals surface area contributed by atoms with E-state index in [9.17, 15) is 19.6 Å². The van der Waals surface area contributed by atoms with E-state index in [-0.39, 0.29) is 29.5 Å². The second kappa shape index (κ2) is 10.1. The fourth-order valence-corrected chi connectivity index (χ4v) is 6.95. The lowest BCUT2D eigenvalue weighted by Gasteiger charge is -2.32. The van der Waals surface area contributed by atoms with Crippen LogP contribution in [-0.4, -0.2) is 105 Å². The fourth-order valence-electron chi connectivity index (χ4n) is 5.48. The Balaban J connectivity index is 1.11. The molecule has 7 rings (SSSR count). The van der Waals surface area contributed by atoms with Gasteiger partial charge >= 0.3 is 6.80 Å². The predicted octanol–water partition coefficient (Wildman–Crippen LogP) is -1.18. The first-order valence-electron chi connectivity index (χ1n) is 12.7. The van der Waals surface area contributed by atoms with E-state index in [1.165, 1.54) is 17.2 Å². The zero-order valence-electron chi connectivity index (χ0n) is 21.7. The van der Waals surface area contributed by atoms with E-state index in [0.29, 0.717) is 11.2 Å². The number of aromatic nitrogens is 8. The van der Waals surface area contributed by atoms with Gasteiger partial charge in [-0.05, 0) is 0 Å². The Morgan fingerprint density at radius 3 is 2.70 bits per heavy atom. The number of nitrogen functional groups attached to an aromatic ring is 2. The fraction of sp³-hybridized carbons (Fsp3) is 0.524. The molecule has 43 heavy (non-hydrogen) atoms. The molecule has 3 saturated heterocycles. The number of aliphatic hydroxyl groups excluding tert-OH is 2. The zero-order chi connectivity index (χ0) is 30.3. The van der Waals surface area contributed by atoms with Gasteiger partial charge in [0.2, 0.25) is 5.95 Å². The number of thiol groups is 1. The smallest absolute Gasteiger partial charge is 0.386 e. The van der Waals surface area contributed by atoms with Gasteiger partial charge in [-0.25, -0.2) is 28.9 Å². The number of nitrogens with one attached hydrogen (secondary N) is 1. The molecule has 3 aliphatic heterocycles. The average molecular weight is 643 g/mol.